The van der Waals surface area contributed by atoms with Gasteiger partial charge in [0.05, 0.1) is 16.6 Å². The Balaban J connectivity index is 1.54. The van der Waals surface area contributed by atoms with Crippen molar-refractivity contribution >= 4 is 17.5 Å². The molecule has 3 aromatic heterocycles. The van der Waals surface area contributed by atoms with Crippen molar-refractivity contribution in [2.24, 2.45) is 0 Å². The van der Waals surface area contributed by atoms with Crippen LogP contribution in [0.1, 0.15) is 43.1 Å². The highest BCUT2D eigenvalue weighted by Gasteiger charge is 2.33. The second-order valence-electron chi connectivity index (χ2n) is 7.50. The van der Waals surface area contributed by atoms with Crippen LogP contribution in [0.15, 0.2) is 58.3 Å². The predicted molar refractivity (Wildman–Crippen MR) is 119 cm³/mol. The fourth-order valence-corrected chi connectivity index (χ4v) is 3.48. The number of aromatic nitrogens is 5. The highest BCUT2D eigenvalue weighted by Crippen LogP contribution is 2.37. The van der Waals surface area contributed by atoms with Crippen molar-refractivity contribution in [3.63, 3.8) is 0 Å². The van der Waals surface area contributed by atoms with Crippen LogP contribution >= 0.6 is 11.6 Å². The molecule has 0 saturated heterocycles. The number of anilines is 1. The molecule has 0 aliphatic rings. The first-order chi connectivity index (χ1) is 16.5. The van der Waals surface area contributed by atoms with Gasteiger partial charge in [-0.15, -0.1) is 0 Å². The minimum atomic E-state index is -4.59. The largest absolute Gasteiger partial charge is 0.425 e. The number of oxazole rings is 1. The van der Waals surface area contributed by atoms with E-state index >= 15 is 0 Å². The van der Waals surface area contributed by atoms with Crippen molar-refractivity contribution in [3.8, 4) is 16.9 Å². The van der Waals surface area contributed by atoms with Gasteiger partial charge in [0.25, 0.3) is 0 Å². The molecular formula is C22H17ClF4N6O2. The van der Waals surface area contributed by atoms with Crippen molar-refractivity contribution in [3.05, 3.63) is 81.8 Å². The standard InChI is InChI=1S/C22H17ClF4N6O2/c1-11(24)17-10-35-21(34)33(17)18-5-6-28-20(32-18)31-12(2)19-29-8-14(9-30-19)13-3-4-16(23)15(7-13)22(25,26)27/h3-12H,1-2H3,(H,28,31,32)/t11-,12-/m0/s1. The molecule has 8 nitrogen and oxygen atoms in total. The maximum absolute atomic E-state index is 13.8. The van der Waals surface area contributed by atoms with Crippen molar-refractivity contribution in [2.45, 2.75) is 32.2 Å². The van der Waals surface area contributed by atoms with Gasteiger partial charge in [-0.05, 0) is 31.5 Å². The molecule has 0 spiro atoms. The van der Waals surface area contributed by atoms with Crippen LogP contribution in [0.2, 0.25) is 5.02 Å². The zero-order valence-electron chi connectivity index (χ0n) is 18.2. The van der Waals surface area contributed by atoms with E-state index in [9.17, 15) is 22.4 Å². The highest BCUT2D eigenvalue weighted by atomic mass is 35.5. The van der Waals surface area contributed by atoms with Crippen molar-refractivity contribution < 1.29 is 22.0 Å². The molecule has 0 amide bonds. The molecule has 0 aliphatic heterocycles. The lowest BCUT2D eigenvalue weighted by Crippen LogP contribution is -2.18. The fraction of sp³-hybridized carbons (Fsp3) is 0.227. The number of nitrogens with zero attached hydrogens (tertiary/aromatic N) is 5. The summed E-state index contributed by atoms with van der Waals surface area (Å²) in [6.07, 6.45) is -0.870. The van der Waals surface area contributed by atoms with E-state index < -0.39 is 34.7 Å². The average molecular weight is 509 g/mol. The summed E-state index contributed by atoms with van der Waals surface area (Å²) in [7, 11) is 0. The molecule has 0 fully saturated rings. The molecule has 2 atom stereocenters. The summed E-state index contributed by atoms with van der Waals surface area (Å²) in [5, 5.41) is 2.57. The van der Waals surface area contributed by atoms with Gasteiger partial charge in [-0.25, -0.2) is 28.7 Å². The maximum Gasteiger partial charge on any atom is 0.425 e. The van der Waals surface area contributed by atoms with Gasteiger partial charge < -0.3 is 9.73 Å². The molecular weight excluding hydrogens is 492 g/mol. The fourth-order valence-electron chi connectivity index (χ4n) is 3.25. The summed E-state index contributed by atoms with van der Waals surface area (Å²) in [5.41, 5.74) is -0.320. The van der Waals surface area contributed by atoms with E-state index in [0.29, 0.717) is 11.4 Å². The second kappa shape index (κ2) is 9.45. The van der Waals surface area contributed by atoms with Gasteiger partial charge in [0.2, 0.25) is 5.95 Å². The number of rotatable bonds is 6. The third kappa shape index (κ3) is 5.16. The zero-order chi connectivity index (χ0) is 25.3. The van der Waals surface area contributed by atoms with Crippen LogP contribution in [0.3, 0.4) is 0 Å². The van der Waals surface area contributed by atoms with Crippen molar-refractivity contribution in [1.82, 2.24) is 24.5 Å². The van der Waals surface area contributed by atoms with E-state index in [1.54, 1.807) is 6.92 Å². The first-order valence-electron chi connectivity index (χ1n) is 10.2. The molecule has 4 aromatic rings. The van der Waals surface area contributed by atoms with E-state index in [1.165, 1.54) is 43.7 Å². The van der Waals surface area contributed by atoms with Crippen LogP contribution in [-0.4, -0.2) is 24.5 Å². The molecule has 13 heteroatoms. The molecule has 0 saturated carbocycles. The molecule has 1 aromatic carbocycles. The summed E-state index contributed by atoms with van der Waals surface area (Å²) in [6, 6.07) is 4.46. The van der Waals surface area contributed by atoms with E-state index in [1.807, 2.05) is 0 Å². The molecule has 0 bridgehead atoms. The predicted octanol–water partition coefficient (Wildman–Crippen LogP) is 5.55. The Kier molecular flexibility index (Phi) is 6.57. The molecule has 182 valence electrons. The quantitative estimate of drug-likeness (QED) is 0.341. The summed E-state index contributed by atoms with van der Waals surface area (Å²) in [6.45, 7) is 2.98. The number of alkyl halides is 4. The van der Waals surface area contributed by atoms with Crippen LogP contribution in [0.4, 0.5) is 23.5 Å². The molecule has 3 heterocycles. The van der Waals surface area contributed by atoms with Gasteiger partial charge in [0.15, 0.2) is 0 Å². The summed E-state index contributed by atoms with van der Waals surface area (Å²) >= 11 is 5.67. The molecule has 4 rings (SSSR count). The smallest absolute Gasteiger partial charge is 0.416 e. The first-order valence-corrected chi connectivity index (χ1v) is 10.6. The summed E-state index contributed by atoms with van der Waals surface area (Å²) in [5.74, 6) is -0.267. The lowest BCUT2D eigenvalue weighted by molar-refractivity contribution is -0.137. The van der Waals surface area contributed by atoms with Crippen LogP contribution < -0.4 is 11.1 Å². The van der Waals surface area contributed by atoms with Gasteiger partial charge in [-0.2, -0.15) is 18.2 Å². The van der Waals surface area contributed by atoms with Crippen LogP contribution in [0.5, 0.6) is 0 Å². The number of halogens is 5. The first kappa shape index (κ1) is 24.3. The minimum Gasteiger partial charge on any atom is -0.416 e. The van der Waals surface area contributed by atoms with Gasteiger partial charge in [-0.1, -0.05) is 17.7 Å². The highest BCUT2D eigenvalue weighted by molar-refractivity contribution is 6.31. The van der Waals surface area contributed by atoms with Gasteiger partial charge in [0, 0.05) is 30.2 Å². The number of benzene rings is 1. The van der Waals surface area contributed by atoms with E-state index in [-0.39, 0.29) is 23.0 Å². The second-order valence-corrected chi connectivity index (χ2v) is 7.91. The molecule has 0 radical (unpaired) electrons. The van der Waals surface area contributed by atoms with Crippen LogP contribution in [0, 0.1) is 0 Å². The summed E-state index contributed by atoms with van der Waals surface area (Å²) < 4.78 is 59.0. The average Bonchev–Trinajstić information content (AvgIpc) is 3.20. The topological polar surface area (TPSA) is 98.7 Å². The van der Waals surface area contributed by atoms with Crippen molar-refractivity contribution in [1.29, 1.82) is 0 Å². The zero-order valence-corrected chi connectivity index (χ0v) is 19.0. The Morgan fingerprint density at radius 2 is 1.80 bits per heavy atom. The molecule has 1 N–H and O–H groups in total. The number of hydrogen-bond donors (Lipinski definition) is 1. The lowest BCUT2D eigenvalue weighted by Gasteiger charge is -2.14. The normalized spacial score (nSPS) is 13.5. The van der Waals surface area contributed by atoms with Gasteiger partial charge >= 0.3 is 11.9 Å². The Bertz CT molecular complexity index is 1400. The van der Waals surface area contributed by atoms with Crippen LogP contribution in [0.25, 0.3) is 16.9 Å². The Labute approximate surface area is 200 Å². The summed E-state index contributed by atoms with van der Waals surface area (Å²) in [4.78, 5) is 28.8. The lowest BCUT2D eigenvalue weighted by atomic mass is 10.1. The number of nitrogens with one attached hydrogen (secondary N) is 1. The molecule has 0 unspecified atom stereocenters. The van der Waals surface area contributed by atoms with Gasteiger partial charge in [0.1, 0.15) is 29.8 Å². The number of hydrogen-bond acceptors (Lipinski definition) is 7. The van der Waals surface area contributed by atoms with E-state index in [2.05, 4.69) is 25.3 Å². The van der Waals surface area contributed by atoms with E-state index in [4.69, 9.17) is 16.0 Å². The third-order valence-corrected chi connectivity index (χ3v) is 5.34. The maximum atomic E-state index is 13.8. The molecule has 0 aliphatic carbocycles. The Morgan fingerprint density at radius 3 is 2.46 bits per heavy atom. The van der Waals surface area contributed by atoms with Crippen LogP contribution in [-0.2, 0) is 6.18 Å². The van der Waals surface area contributed by atoms with E-state index in [0.717, 1.165) is 16.9 Å². The van der Waals surface area contributed by atoms with Crippen molar-refractivity contribution in [2.75, 3.05) is 5.32 Å². The molecule has 35 heavy (non-hydrogen) atoms. The van der Waals surface area contributed by atoms with Gasteiger partial charge in [-0.3, -0.25) is 0 Å². The monoisotopic (exact) mass is 508 g/mol. The SMILES string of the molecule is C[C@H](F)c1coc(=O)n1-c1ccnc(N[C@@H](C)c2ncc(-c3ccc(Cl)c(C(F)(F)F)c3)cn2)n1. The Hall–Kier alpha value is -3.80. The Morgan fingerprint density at radius 1 is 1.09 bits per heavy atom. The minimum absolute atomic E-state index is 0.00232. The third-order valence-electron chi connectivity index (χ3n) is 5.01.